The molecule has 0 rings (SSSR count). The molecule has 0 saturated carbocycles. The fourth-order valence-electron chi connectivity index (χ4n) is 0.368. The van der Waals surface area contributed by atoms with E-state index in [0.717, 1.165) is 4.48 Å². The number of carboxylic acid groups (broad SMARTS) is 1. The van der Waals surface area contributed by atoms with Crippen LogP contribution in [0.15, 0.2) is 11.1 Å². The molecule has 3 N–H and O–H groups in total. The highest BCUT2D eigenvalue weighted by molar-refractivity contribution is 9.11. The molecule has 0 aromatic carbocycles. The summed E-state index contributed by atoms with van der Waals surface area (Å²) in [5, 5.41) is 8.37. The van der Waals surface area contributed by atoms with Crippen molar-refractivity contribution in [1.29, 1.82) is 0 Å². The number of hydrogen-bond acceptors (Lipinski definition) is 3. The van der Waals surface area contributed by atoms with E-state index in [1.807, 2.05) is 0 Å². The summed E-state index contributed by atoms with van der Waals surface area (Å²) in [6.07, 6.45) is 0. The quantitative estimate of drug-likeness (QED) is 0.753. The number of aliphatic carboxylic acids is 1. The van der Waals surface area contributed by atoms with Gasteiger partial charge in [0.05, 0.1) is 0 Å². The zero-order chi connectivity index (χ0) is 8.85. The second-order valence-electron chi connectivity index (χ2n) is 1.98. The van der Waals surface area contributed by atoms with Crippen molar-refractivity contribution < 1.29 is 9.90 Å². The van der Waals surface area contributed by atoms with Crippen molar-refractivity contribution in [2.75, 3.05) is 11.5 Å². The second-order valence-corrected chi connectivity index (χ2v) is 4.13. The molecule has 5 heteroatoms. The SMILES string of the molecule is C=C(Br)CSCC(N)C(=O)O. The van der Waals surface area contributed by atoms with Gasteiger partial charge in [0.25, 0.3) is 0 Å². The van der Waals surface area contributed by atoms with Crippen LogP contribution < -0.4 is 5.73 Å². The Morgan fingerprint density at radius 2 is 2.36 bits per heavy atom. The highest BCUT2D eigenvalue weighted by Gasteiger charge is 2.10. The zero-order valence-electron chi connectivity index (χ0n) is 5.92. The van der Waals surface area contributed by atoms with Crippen molar-refractivity contribution >= 4 is 33.7 Å². The normalized spacial score (nSPS) is 12.5. The number of rotatable bonds is 5. The second kappa shape index (κ2) is 5.62. The molecular formula is C6H10BrNO2S. The maximum absolute atomic E-state index is 10.2. The molecule has 0 aliphatic carbocycles. The van der Waals surface area contributed by atoms with Gasteiger partial charge in [-0.25, -0.2) is 0 Å². The van der Waals surface area contributed by atoms with Crippen LogP contribution in [0.4, 0.5) is 0 Å². The molecule has 0 aromatic heterocycles. The van der Waals surface area contributed by atoms with Gasteiger partial charge >= 0.3 is 5.97 Å². The van der Waals surface area contributed by atoms with Crippen LogP contribution in [-0.4, -0.2) is 28.6 Å². The van der Waals surface area contributed by atoms with E-state index in [2.05, 4.69) is 22.5 Å². The van der Waals surface area contributed by atoms with Crippen molar-refractivity contribution in [2.45, 2.75) is 6.04 Å². The first-order chi connectivity index (χ1) is 5.04. The summed E-state index contributed by atoms with van der Waals surface area (Å²) in [4.78, 5) is 10.2. The lowest BCUT2D eigenvalue weighted by atomic mass is 10.4. The van der Waals surface area contributed by atoms with Gasteiger partial charge in [-0.05, 0) is 4.48 Å². The average Bonchev–Trinajstić information content (AvgIpc) is 1.86. The average molecular weight is 240 g/mol. The van der Waals surface area contributed by atoms with Gasteiger partial charge in [-0.2, -0.15) is 11.8 Å². The first-order valence-corrected chi connectivity index (χ1v) is 4.88. The number of carboxylic acids is 1. The van der Waals surface area contributed by atoms with E-state index in [4.69, 9.17) is 10.8 Å². The Labute approximate surface area is 78.2 Å². The number of hydrogen-bond donors (Lipinski definition) is 2. The fraction of sp³-hybridized carbons (Fsp3) is 0.500. The monoisotopic (exact) mass is 239 g/mol. The van der Waals surface area contributed by atoms with Crippen LogP contribution in [0.25, 0.3) is 0 Å². The third-order valence-corrected chi connectivity index (χ3v) is 2.67. The summed E-state index contributed by atoms with van der Waals surface area (Å²) in [5.74, 6) is 0.152. The third kappa shape index (κ3) is 6.40. The number of carbonyl (C=O) groups is 1. The van der Waals surface area contributed by atoms with Crippen LogP contribution in [-0.2, 0) is 4.79 Å². The summed E-state index contributed by atoms with van der Waals surface area (Å²) in [6.45, 7) is 3.60. The molecule has 0 bridgehead atoms. The van der Waals surface area contributed by atoms with Crippen LogP contribution in [0.5, 0.6) is 0 Å². The Bertz CT molecular complexity index is 163. The summed E-state index contributed by atoms with van der Waals surface area (Å²) in [5.41, 5.74) is 5.24. The van der Waals surface area contributed by atoms with E-state index in [1.165, 1.54) is 11.8 Å². The lowest BCUT2D eigenvalue weighted by molar-refractivity contribution is -0.137. The highest BCUT2D eigenvalue weighted by atomic mass is 79.9. The van der Waals surface area contributed by atoms with Gasteiger partial charge in [0.15, 0.2) is 0 Å². The molecule has 0 radical (unpaired) electrons. The molecule has 1 unspecified atom stereocenters. The minimum absolute atomic E-state index is 0.417. The molecule has 0 amide bonds. The molecule has 3 nitrogen and oxygen atoms in total. The van der Waals surface area contributed by atoms with Crippen molar-refractivity contribution in [1.82, 2.24) is 0 Å². The van der Waals surface area contributed by atoms with Crippen molar-refractivity contribution in [2.24, 2.45) is 5.73 Å². The summed E-state index contributed by atoms with van der Waals surface area (Å²) >= 11 is 4.60. The van der Waals surface area contributed by atoms with Crippen molar-refractivity contribution in [3.05, 3.63) is 11.1 Å². The lowest BCUT2D eigenvalue weighted by Crippen LogP contribution is -2.32. The van der Waals surface area contributed by atoms with Crippen LogP contribution in [0.2, 0.25) is 0 Å². The number of thioether (sulfide) groups is 1. The van der Waals surface area contributed by atoms with Crippen LogP contribution in [0.3, 0.4) is 0 Å². The molecule has 0 heterocycles. The predicted molar refractivity (Wildman–Crippen MR) is 51.0 cm³/mol. The minimum atomic E-state index is -0.960. The topological polar surface area (TPSA) is 63.3 Å². The first-order valence-electron chi connectivity index (χ1n) is 2.93. The number of halogens is 1. The van der Waals surface area contributed by atoms with Gasteiger partial charge in [-0.3, -0.25) is 4.79 Å². The molecule has 0 aromatic rings. The van der Waals surface area contributed by atoms with Gasteiger partial charge in [0.1, 0.15) is 6.04 Å². The predicted octanol–water partition coefficient (Wildman–Crippen LogP) is 1.04. The van der Waals surface area contributed by atoms with Gasteiger partial charge in [0.2, 0.25) is 0 Å². The van der Waals surface area contributed by atoms with Crippen molar-refractivity contribution in [3.8, 4) is 0 Å². The lowest BCUT2D eigenvalue weighted by Gasteiger charge is -2.04. The maximum Gasteiger partial charge on any atom is 0.321 e. The summed E-state index contributed by atoms with van der Waals surface area (Å²) in [7, 11) is 0. The van der Waals surface area contributed by atoms with E-state index < -0.39 is 12.0 Å². The Hall–Kier alpha value is -0.000000000000000111. The van der Waals surface area contributed by atoms with Gasteiger partial charge in [0, 0.05) is 11.5 Å². The molecule has 64 valence electrons. The molecule has 0 aliphatic heterocycles. The van der Waals surface area contributed by atoms with E-state index in [9.17, 15) is 4.79 Å². The molecule has 1 atom stereocenters. The molecule has 0 aliphatic rings. The fourth-order valence-corrected chi connectivity index (χ4v) is 1.59. The van der Waals surface area contributed by atoms with Crippen LogP contribution in [0, 0.1) is 0 Å². The standard InChI is InChI=1S/C6H10BrNO2S/c1-4(7)2-11-3-5(8)6(9)10/h5H,1-3,8H2,(H,9,10). The molecule has 0 fully saturated rings. The molecule has 0 saturated heterocycles. The van der Waals surface area contributed by atoms with Gasteiger partial charge in [-0.1, -0.05) is 22.5 Å². The smallest absolute Gasteiger partial charge is 0.321 e. The summed E-state index contributed by atoms with van der Waals surface area (Å²) < 4.78 is 0.847. The Kier molecular flexibility index (Phi) is 5.62. The zero-order valence-corrected chi connectivity index (χ0v) is 8.32. The van der Waals surface area contributed by atoms with Gasteiger partial charge < -0.3 is 10.8 Å². The third-order valence-electron chi connectivity index (χ3n) is 0.873. The van der Waals surface area contributed by atoms with E-state index >= 15 is 0 Å². The van der Waals surface area contributed by atoms with E-state index in [-0.39, 0.29) is 0 Å². The highest BCUT2D eigenvalue weighted by Crippen LogP contribution is 2.11. The van der Waals surface area contributed by atoms with Crippen molar-refractivity contribution in [3.63, 3.8) is 0 Å². The van der Waals surface area contributed by atoms with E-state index in [0.29, 0.717) is 11.5 Å². The largest absolute Gasteiger partial charge is 0.480 e. The molecule has 0 spiro atoms. The molecule has 11 heavy (non-hydrogen) atoms. The number of nitrogens with two attached hydrogens (primary N) is 1. The summed E-state index contributed by atoms with van der Waals surface area (Å²) in [6, 6.07) is -0.771. The Morgan fingerprint density at radius 3 is 2.73 bits per heavy atom. The molecular weight excluding hydrogens is 230 g/mol. The van der Waals surface area contributed by atoms with Crippen LogP contribution >= 0.6 is 27.7 Å². The Balaban J connectivity index is 3.39. The van der Waals surface area contributed by atoms with Gasteiger partial charge in [-0.15, -0.1) is 0 Å². The Morgan fingerprint density at radius 1 is 1.82 bits per heavy atom. The maximum atomic E-state index is 10.2. The van der Waals surface area contributed by atoms with Crippen LogP contribution in [0.1, 0.15) is 0 Å². The first kappa shape index (κ1) is 11.0. The minimum Gasteiger partial charge on any atom is -0.480 e. The van der Waals surface area contributed by atoms with E-state index in [1.54, 1.807) is 0 Å².